The van der Waals surface area contributed by atoms with E-state index in [9.17, 15) is 0 Å². The average Bonchev–Trinajstić information content (AvgIpc) is 2.59. The summed E-state index contributed by atoms with van der Waals surface area (Å²) >= 11 is 0. The maximum atomic E-state index is 5.00. The first-order valence-corrected chi connectivity index (χ1v) is 7.09. The van der Waals surface area contributed by atoms with E-state index in [1.165, 1.54) is 0 Å². The molecule has 0 atom stereocenters. The summed E-state index contributed by atoms with van der Waals surface area (Å²) in [5, 5.41) is 0. The van der Waals surface area contributed by atoms with Crippen LogP contribution in [0.25, 0.3) is 11.0 Å². The minimum absolute atomic E-state index is 0.712. The van der Waals surface area contributed by atoms with Gasteiger partial charge in [-0.2, -0.15) is 0 Å². The number of anilines is 2. The summed E-state index contributed by atoms with van der Waals surface area (Å²) in [7, 11) is 1.65. The monoisotopic (exact) mass is 291 g/mol. The third kappa shape index (κ3) is 3.06. The number of hydrogen-bond acceptors (Lipinski definition) is 4. The lowest BCUT2D eigenvalue weighted by Crippen LogP contribution is -2.16. The molecule has 22 heavy (non-hydrogen) atoms. The summed E-state index contributed by atoms with van der Waals surface area (Å²) in [6.07, 6.45) is 7.09. The first-order chi connectivity index (χ1) is 10.9. The van der Waals surface area contributed by atoms with Gasteiger partial charge in [-0.25, -0.2) is 0 Å². The molecule has 0 aliphatic heterocycles. The Morgan fingerprint density at radius 2 is 1.73 bits per heavy atom. The first-order valence-electron chi connectivity index (χ1n) is 7.09. The van der Waals surface area contributed by atoms with Crippen molar-refractivity contribution in [1.82, 2.24) is 9.97 Å². The summed E-state index contributed by atoms with van der Waals surface area (Å²) in [6, 6.07) is 16.3. The van der Waals surface area contributed by atoms with E-state index in [1.54, 1.807) is 25.8 Å². The summed E-state index contributed by atoms with van der Waals surface area (Å²) in [4.78, 5) is 10.9. The molecule has 0 spiro atoms. The van der Waals surface area contributed by atoms with Crippen molar-refractivity contribution >= 4 is 22.4 Å². The molecule has 0 aliphatic rings. The fraction of sp³-hybridized carbons (Fsp3) is 0.111. The summed E-state index contributed by atoms with van der Waals surface area (Å²) in [6.45, 7) is 0.712. The quantitative estimate of drug-likeness (QED) is 0.668. The van der Waals surface area contributed by atoms with E-state index >= 15 is 0 Å². The van der Waals surface area contributed by atoms with Crippen LogP contribution in [0, 0.1) is 0 Å². The zero-order chi connectivity index (χ0) is 15.2. The molecule has 0 fully saturated rings. The highest BCUT2D eigenvalue weighted by atomic mass is 16.5. The van der Waals surface area contributed by atoms with E-state index < -0.39 is 0 Å². The van der Waals surface area contributed by atoms with Gasteiger partial charge in [0, 0.05) is 30.3 Å². The highest BCUT2D eigenvalue weighted by Gasteiger charge is 2.09. The molecule has 2 aromatic carbocycles. The van der Waals surface area contributed by atoms with E-state index in [0.29, 0.717) is 6.54 Å². The lowest BCUT2D eigenvalue weighted by atomic mass is 10.2. The molecule has 4 nitrogen and oxygen atoms in total. The number of fused-ring (bicyclic) bond motifs is 1. The van der Waals surface area contributed by atoms with Crippen molar-refractivity contribution in [3.63, 3.8) is 0 Å². The van der Waals surface area contributed by atoms with Crippen LogP contribution in [0.3, 0.4) is 0 Å². The number of benzene rings is 2. The third-order valence-corrected chi connectivity index (χ3v) is 3.35. The van der Waals surface area contributed by atoms with Crippen molar-refractivity contribution < 1.29 is 4.74 Å². The summed E-state index contributed by atoms with van der Waals surface area (Å²) < 4.78 is 5.00. The van der Waals surface area contributed by atoms with Crippen LogP contribution in [0.15, 0.2) is 73.3 Å². The Bertz CT molecular complexity index is 771. The summed E-state index contributed by atoms with van der Waals surface area (Å²) in [5.74, 6) is 0. The molecule has 0 unspecified atom stereocenters. The van der Waals surface area contributed by atoms with Gasteiger partial charge in [0.15, 0.2) is 0 Å². The molecule has 1 aromatic heterocycles. The molecule has 3 rings (SSSR count). The molecule has 110 valence electrons. The van der Waals surface area contributed by atoms with Crippen molar-refractivity contribution in [1.29, 1.82) is 0 Å². The van der Waals surface area contributed by atoms with Gasteiger partial charge >= 0.3 is 0 Å². The maximum Gasteiger partial charge on any atom is 0.0907 e. The van der Waals surface area contributed by atoms with Crippen molar-refractivity contribution in [3.8, 4) is 0 Å². The van der Waals surface area contributed by atoms with Crippen LogP contribution in [0.2, 0.25) is 0 Å². The van der Waals surface area contributed by atoms with Gasteiger partial charge in [-0.1, -0.05) is 18.2 Å². The molecule has 1 heterocycles. The number of hydrogen-bond donors (Lipinski definition) is 0. The van der Waals surface area contributed by atoms with Crippen molar-refractivity contribution in [3.05, 3.63) is 73.3 Å². The minimum Gasteiger partial charge on any atom is -0.505 e. The van der Waals surface area contributed by atoms with Crippen molar-refractivity contribution in [2.45, 2.75) is 0 Å². The van der Waals surface area contributed by atoms with Gasteiger partial charge in [-0.15, -0.1) is 0 Å². The topological polar surface area (TPSA) is 38.2 Å². The highest BCUT2D eigenvalue weighted by molar-refractivity contribution is 5.80. The maximum absolute atomic E-state index is 5.00. The Hall–Kier alpha value is -2.88. The molecule has 0 N–H and O–H groups in total. The molecule has 4 heteroatoms. The number of rotatable bonds is 5. The molecular formula is C18H17N3O. The largest absolute Gasteiger partial charge is 0.505 e. The van der Waals surface area contributed by atoms with Gasteiger partial charge in [0.1, 0.15) is 0 Å². The Morgan fingerprint density at radius 1 is 0.955 bits per heavy atom. The number of nitrogens with zero attached hydrogens (tertiary/aromatic N) is 3. The van der Waals surface area contributed by atoms with Crippen molar-refractivity contribution in [2.24, 2.45) is 0 Å². The fourth-order valence-electron chi connectivity index (χ4n) is 2.33. The van der Waals surface area contributed by atoms with E-state index in [4.69, 9.17) is 4.74 Å². The number of ether oxygens (including phenoxy) is 1. The van der Waals surface area contributed by atoms with E-state index in [2.05, 4.69) is 39.1 Å². The van der Waals surface area contributed by atoms with Gasteiger partial charge in [0.05, 0.1) is 24.4 Å². The highest BCUT2D eigenvalue weighted by Crippen LogP contribution is 2.27. The second-order valence-electron chi connectivity index (χ2n) is 4.78. The molecular weight excluding hydrogens is 274 g/mol. The average molecular weight is 291 g/mol. The summed E-state index contributed by atoms with van der Waals surface area (Å²) in [5.41, 5.74) is 3.97. The van der Waals surface area contributed by atoms with Gasteiger partial charge in [0.25, 0.3) is 0 Å². The van der Waals surface area contributed by atoms with Crippen LogP contribution in [0.5, 0.6) is 0 Å². The molecule has 0 saturated heterocycles. The Kier molecular flexibility index (Phi) is 4.30. The molecule has 0 radical (unpaired) electrons. The predicted molar refractivity (Wildman–Crippen MR) is 89.1 cm³/mol. The Labute approximate surface area is 129 Å². The standard InChI is InChI=1S/C18H17N3O/c1-22-13-5-12-21(15-6-3-2-4-7-15)16-8-9-17-18(14-16)20-11-10-19-17/h2-11,13-14H,12H2,1H3. The SMILES string of the molecule is COC=CCN(c1ccccc1)c1ccc2nccnc2c1. The normalized spacial score (nSPS) is 11.0. The van der Waals surface area contributed by atoms with Crippen LogP contribution >= 0.6 is 0 Å². The number of methoxy groups -OCH3 is 1. The number of aromatic nitrogens is 2. The molecule has 0 amide bonds. The third-order valence-electron chi connectivity index (χ3n) is 3.35. The Balaban J connectivity index is 2.01. The molecule has 3 aromatic rings. The van der Waals surface area contributed by atoms with Gasteiger partial charge in [-0.05, 0) is 36.4 Å². The van der Waals surface area contributed by atoms with Crippen LogP contribution in [0.4, 0.5) is 11.4 Å². The zero-order valence-electron chi connectivity index (χ0n) is 12.4. The number of para-hydroxylation sites is 1. The lowest BCUT2D eigenvalue weighted by molar-refractivity contribution is 0.337. The molecule has 0 aliphatic carbocycles. The molecule has 0 bridgehead atoms. The van der Waals surface area contributed by atoms with Gasteiger partial charge < -0.3 is 9.64 Å². The molecule has 0 saturated carbocycles. The Morgan fingerprint density at radius 3 is 2.50 bits per heavy atom. The van der Waals surface area contributed by atoms with Gasteiger partial charge in [0.2, 0.25) is 0 Å². The smallest absolute Gasteiger partial charge is 0.0907 e. The van der Waals surface area contributed by atoms with Crippen LogP contribution in [0.1, 0.15) is 0 Å². The lowest BCUT2D eigenvalue weighted by Gasteiger charge is -2.23. The van der Waals surface area contributed by atoms with Crippen LogP contribution in [-0.2, 0) is 4.74 Å². The van der Waals surface area contributed by atoms with E-state index in [0.717, 1.165) is 22.4 Å². The zero-order valence-corrected chi connectivity index (χ0v) is 12.4. The second kappa shape index (κ2) is 6.72. The minimum atomic E-state index is 0.712. The van der Waals surface area contributed by atoms with Crippen LogP contribution in [-0.4, -0.2) is 23.6 Å². The van der Waals surface area contributed by atoms with Crippen molar-refractivity contribution in [2.75, 3.05) is 18.6 Å². The fourth-order valence-corrected chi connectivity index (χ4v) is 2.33. The van der Waals surface area contributed by atoms with E-state index in [1.807, 2.05) is 30.3 Å². The predicted octanol–water partition coefficient (Wildman–Crippen LogP) is 3.93. The van der Waals surface area contributed by atoms with Gasteiger partial charge in [-0.3, -0.25) is 9.97 Å². The second-order valence-corrected chi connectivity index (χ2v) is 4.78. The first kappa shape index (κ1) is 14.1. The van der Waals surface area contributed by atoms with Crippen LogP contribution < -0.4 is 4.90 Å². The van der Waals surface area contributed by atoms with E-state index in [-0.39, 0.29) is 0 Å².